The van der Waals surface area contributed by atoms with Crippen molar-refractivity contribution in [1.82, 2.24) is 9.97 Å². The highest BCUT2D eigenvalue weighted by molar-refractivity contribution is 7.18. The van der Waals surface area contributed by atoms with E-state index in [0.717, 1.165) is 42.9 Å². The third-order valence-electron chi connectivity index (χ3n) is 6.71. The minimum Gasteiger partial charge on any atom is -0.247 e. The van der Waals surface area contributed by atoms with Crippen LogP contribution in [-0.2, 0) is 0 Å². The van der Waals surface area contributed by atoms with Crippen LogP contribution in [-0.4, -0.2) is 9.97 Å². The van der Waals surface area contributed by atoms with Gasteiger partial charge in [-0.25, -0.2) is 9.97 Å². The molecule has 0 aliphatic rings. The van der Waals surface area contributed by atoms with E-state index in [9.17, 15) is 0 Å². The molecule has 0 fully saturated rings. The van der Waals surface area contributed by atoms with Crippen molar-refractivity contribution in [3.63, 3.8) is 0 Å². The predicted molar refractivity (Wildman–Crippen MR) is 157 cm³/mol. The number of thiophene rings is 1. The average molecular weight is 491 g/mol. The molecule has 174 valence electrons. The van der Waals surface area contributed by atoms with Gasteiger partial charge in [-0.1, -0.05) is 97.1 Å². The van der Waals surface area contributed by atoms with Crippen LogP contribution in [0.15, 0.2) is 133 Å². The molecule has 0 radical (unpaired) electrons. The highest BCUT2D eigenvalue weighted by atomic mass is 32.1. The van der Waals surface area contributed by atoms with Gasteiger partial charge in [-0.15, -0.1) is 11.3 Å². The maximum absolute atomic E-state index is 5.04. The molecular weight excluding hydrogens is 468 g/mol. The van der Waals surface area contributed by atoms with Crippen molar-refractivity contribution in [2.75, 3.05) is 0 Å². The van der Waals surface area contributed by atoms with Crippen LogP contribution in [0.25, 0.3) is 65.2 Å². The number of rotatable bonds is 4. The zero-order chi connectivity index (χ0) is 24.6. The van der Waals surface area contributed by atoms with Crippen molar-refractivity contribution in [1.29, 1.82) is 0 Å². The van der Waals surface area contributed by atoms with E-state index in [-0.39, 0.29) is 0 Å². The zero-order valence-electron chi connectivity index (χ0n) is 20.0. The highest BCUT2D eigenvalue weighted by Crippen LogP contribution is 2.39. The van der Waals surface area contributed by atoms with Gasteiger partial charge in [0.05, 0.1) is 32.2 Å². The van der Waals surface area contributed by atoms with E-state index in [2.05, 4.69) is 133 Å². The minimum atomic E-state index is 0.984. The van der Waals surface area contributed by atoms with Crippen LogP contribution in [0.5, 0.6) is 0 Å². The summed E-state index contributed by atoms with van der Waals surface area (Å²) < 4.78 is 0. The summed E-state index contributed by atoms with van der Waals surface area (Å²) in [5.41, 5.74) is 8.77. The Morgan fingerprint density at radius 1 is 0.405 bits per heavy atom. The van der Waals surface area contributed by atoms with E-state index < -0.39 is 0 Å². The number of hydrogen-bond donors (Lipinski definition) is 0. The fraction of sp³-hybridized carbons (Fsp3) is 0. The SMILES string of the molecule is c1ccc(-c2cc(-c3ccc(-c4cc(-c5ccccc5)c5ccccc5n4)s3)nc3ccccc23)cc1. The van der Waals surface area contributed by atoms with Crippen LogP contribution in [0.4, 0.5) is 0 Å². The van der Waals surface area contributed by atoms with Gasteiger partial charge >= 0.3 is 0 Å². The largest absolute Gasteiger partial charge is 0.247 e. The molecule has 7 rings (SSSR count). The van der Waals surface area contributed by atoms with Crippen LogP contribution in [0.3, 0.4) is 0 Å². The van der Waals surface area contributed by atoms with E-state index in [4.69, 9.17) is 9.97 Å². The van der Waals surface area contributed by atoms with Crippen LogP contribution < -0.4 is 0 Å². The molecule has 0 N–H and O–H groups in total. The summed E-state index contributed by atoms with van der Waals surface area (Å²) >= 11 is 1.74. The monoisotopic (exact) mass is 490 g/mol. The van der Waals surface area contributed by atoms with E-state index >= 15 is 0 Å². The van der Waals surface area contributed by atoms with E-state index in [1.807, 2.05) is 0 Å². The lowest BCUT2D eigenvalue weighted by molar-refractivity contribution is 1.42. The van der Waals surface area contributed by atoms with Gasteiger partial charge in [-0.2, -0.15) is 0 Å². The first kappa shape index (κ1) is 21.7. The lowest BCUT2D eigenvalue weighted by atomic mass is 9.99. The van der Waals surface area contributed by atoms with Gasteiger partial charge < -0.3 is 0 Å². The van der Waals surface area contributed by atoms with Gasteiger partial charge in [0.1, 0.15) is 0 Å². The Kier molecular flexibility index (Phi) is 5.34. The number of nitrogens with zero attached hydrogens (tertiary/aromatic N) is 2. The first-order valence-electron chi connectivity index (χ1n) is 12.3. The first-order valence-corrected chi connectivity index (χ1v) is 13.2. The molecule has 37 heavy (non-hydrogen) atoms. The second-order valence-corrected chi connectivity index (χ2v) is 10.1. The van der Waals surface area contributed by atoms with Gasteiger partial charge in [0.2, 0.25) is 0 Å². The molecule has 3 heteroatoms. The molecule has 0 aliphatic heterocycles. The van der Waals surface area contributed by atoms with E-state index in [1.165, 1.54) is 22.3 Å². The minimum absolute atomic E-state index is 0.984. The number of aromatic nitrogens is 2. The molecule has 2 nitrogen and oxygen atoms in total. The summed E-state index contributed by atoms with van der Waals surface area (Å²) in [7, 11) is 0. The summed E-state index contributed by atoms with van der Waals surface area (Å²) in [6, 6.07) is 46.6. The summed E-state index contributed by atoms with van der Waals surface area (Å²) in [5, 5.41) is 2.33. The maximum atomic E-state index is 5.04. The van der Waals surface area contributed by atoms with Gasteiger partial charge in [-0.05, 0) is 58.7 Å². The van der Waals surface area contributed by atoms with E-state index in [1.54, 1.807) is 11.3 Å². The van der Waals surface area contributed by atoms with Gasteiger partial charge in [0.15, 0.2) is 0 Å². The van der Waals surface area contributed by atoms with Crippen LogP contribution in [0.2, 0.25) is 0 Å². The summed E-state index contributed by atoms with van der Waals surface area (Å²) in [6.45, 7) is 0. The number of hydrogen-bond acceptors (Lipinski definition) is 3. The molecule has 0 bridgehead atoms. The summed E-state index contributed by atoms with van der Waals surface area (Å²) in [6.07, 6.45) is 0. The van der Waals surface area contributed by atoms with Gasteiger partial charge in [0.25, 0.3) is 0 Å². The summed E-state index contributed by atoms with van der Waals surface area (Å²) in [5.74, 6) is 0. The number of benzene rings is 4. The van der Waals surface area contributed by atoms with Gasteiger partial charge in [0, 0.05) is 10.8 Å². The quantitative estimate of drug-likeness (QED) is 0.245. The number of fused-ring (bicyclic) bond motifs is 2. The van der Waals surface area contributed by atoms with Crippen LogP contribution in [0, 0.1) is 0 Å². The van der Waals surface area contributed by atoms with Crippen molar-refractivity contribution in [3.8, 4) is 43.4 Å². The Labute approximate surface area is 219 Å². The van der Waals surface area contributed by atoms with Crippen molar-refractivity contribution >= 4 is 33.1 Å². The Hall–Kier alpha value is -4.60. The Balaban J connectivity index is 1.37. The Bertz CT molecular complexity index is 1730. The third-order valence-corrected chi connectivity index (χ3v) is 7.84. The van der Waals surface area contributed by atoms with Crippen molar-refractivity contribution in [2.24, 2.45) is 0 Å². The molecule has 0 aliphatic carbocycles. The number of para-hydroxylation sites is 2. The standard InChI is InChI=1S/C34H22N2S/c1-3-11-23(12-4-1)27-21-31(35-29-17-9-7-15-25(27)29)33-19-20-34(37-33)32-22-28(24-13-5-2-6-14-24)26-16-8-10-18-30(26)36-32/h1-22H. The van der Waals surface area contributed by atoms with Crippen molar-refractivity contribution < 1.29 is 0 Å². The van der Waals surface area contributed by atoms with Crippen LogP contribution in [0.1, 0.15) is 0 Å². The smallest absolute Gasteiger partial charge is 0.0815 e. The molecule has 3 heterocycles. The second kappa shape index (κ2) is 9.12. The molecule has 0 amide bonds. The predicted octanol–water partition coefficient (Wildman–Crippen LogP) is 9.51. The topological polar surface area (TPSA) is 25.8 Å². The second-order valence-electron chi connectivity index (χ2n) is 9.04. The molecule has 0 spiro atoms. The Morgan fingerprint density at radius 2 is 0.811 bits per heavy atom. The molecule has 0 unspecified atom stereocenters. The lowest BCUT2D eigenvalue weighted by Gasteiger charge is -2.10. The van der Waals surface area contributed by atoms with Crippen LogP contribution >= 0.6 is 11.3 Å². The van der Waals surface area contributed by atoms with Crippen molar-refractivity contribution in [2.45, 2.75) is 0 Å². The molecule has 0 saturated heterocycles. The molecule has 0 saturated carbocycles. The normalized spacial score (nSPS) is 11.2. The number of pyridine rings is 2. The van der Waals surface area contributed by atoms with E-state index in [0.29, 0.717) is 0 Å². The molecule has 4 aromatic carbocycles. The molecule has 0 atom stereocenters. The molecule has 7 aromatic rings. The fourth-order valence-electron chi connectivity index (χ4n) is 4.93. The summed E-state index contributed by atoms with van der Waals surface area (Å²) in [4.78, 5) is 12.4. The lowest BCUT2D eigenvalue weighted by Crippen LogP contribution is -1.88. The molecule has 3 aromatic heterocycles. The Morgan fingerprint density at radius 3 is 1.27 bits per heavy atom. The molecular formula is C34H22N2S. The fourth-order valence-corrected chi connectivity index (χ4v) is 5.86. The third kappa shape index (κ3) is 4.00. The first-order chi connectivity index (χ1) is 18.3. The van der Waals surface area contributed by atoms with Gasteiger partial charge in [-0.3, -0.25) is 0 Å². The maximum Gasteiger partial charge on any atom is 0.0815 e. The highest BCUT2D eigenvalue weighted by Gasteiger charge is 2.14. The van der Waals surface area contributed by atoms with Crippen molar-refractivity contribution in [3.05, 3.63) is 133 Å². The average Bonchev–Trinajstić information content (AvgIpc) is 3.48. The zero-order valence-corrected chi connectivity index (χ0v) is 20.8.